The average molecular weight is 267 g/mol. The molecule has 19 heavy (non-hydrogen) atoms. The number of hydrogen-bond donors (Lipinski definition) is 1. The zero-order chi connectivity index (χ0) is 14.0. The Balaban J connectivity index is 2.17. The van der Waals surface area contributed by atoms with Crippen molar-refractivity contribution < 1.29 is 19.0 Å². The molecule has 0 aliphatic carbocycles. The zero-order valence-electron chi connectivity index (χ0n) is 11.1. The van der Waals surface area contributed by atoms with Gasteiger partial charge in [0.05, 0.1) is 11.7 Å². The molecule has 1 aromatic rings. The molecule has 0 radical (unpaired) electrons. The summed E-state index contributed by atoms with van der Waals surface area (Å²) in [5, 5.41) is 9.30. The number of carbonyl (C=O) groups is 1. The molecule has 0 atom stereocenters. The molecule has 0 bridgehead atoms. The monoisotopic (exact) mass is 267 g/mol. The Labute approximate surface area is 111 Å². The van der Waals surface area contributed by atoms with Crippen LogP contribution >= 0.6 is 0 Å². The SMILES string of the molecule is COC1CCN(C(=O)c2c(C)cc(O)cc2F)CC1. The molecule has 1 aliphatic heterocycles. The van der Waals surface area contributed by atoms with E-state index < -0.39 is 5.82 Å². The van der Waals surface area contributed by atoms with Gasteiger partial charge < -0.3 is 14.7 Å². The topological polar surface area (TPSA) is 49.8 Å². The fourth-order valence-electron chi connectivity index (χ4n) is 2.45. The number of halogens is 1. The van der Waals surface area contributed by atoms with Gasteiger partial charge in [-0.3, -0.25) is 4.79 Å². The highest BCUT2D eigenvalue weighted by Gasteiger charge is 2.26. The van der Waals surface area contributed by atoms with Gasteiger partial charge in [0.2, 0.25) is 0 Å². The van der Waals surface area contributed by atoms with Crippen LogP contribution in [0.1, 0.15) is 28.8 Å². The van der Waals surface area contributed by atoms with Crippen molar-refractivity contribution in [1.29, 1.82) is 0 Å². The second kappa shape index (κ2) is 5.57. The quantitative estimate of drug-likeness (QED) is 0.892. The number of rotatable bonds is 2. The molecule has 0 unspecified atom stereocenters. The standard InChI is InChI=1S/C14H18FNO3/c1-9-7-10(17)8-12(15)13(9)14(18)16-5-3-11(19-2)4-6-16/h7-8,11,17H,3-6H2,1-2H3. The van der Waals surface area contributed by atoms with Crippen LogP contribution in [0, 0.1) is 12.7 Å². The van der Waals surface area contributed by atoms with E-state index in [0.29, 0.717) is 18.7 Å². The number of phenols is 1. The van der Waals surface area contributed by atoms with E-state index in [2.05, 4.69) is 0 Å². The molecule has 1 aliphatic rings. The van der Waals surface area contributed by atoms with Gasteiger partial charge in [-0.15, -0.1) is 0 Å². The fourth-order valence-corrected chi connectivity index (χ4v) is 2.45. The van der Waals surface area contributed by atoms with E-state index in [0.717, 1.165) is 18.9 Å². The summed E-state index contributed by atoms with van der Waals surface area (Å²) >= 11 is 0. The Morgan fingerprint density at radius 2 is 2.05 bits per heavy atom. The van der Waals surface area contributed by atoms with Gasteiger partial charge >= 0.3 is 0 Å². The predicted octanol–water partition coefficient (Wildman–Crippen LogP) is 2.09. The maximum Gasteiger partial charge on any atom is 0.257 e. The van der Waals surface area contributed by atoms with Crippen LogP contribution in [0.4, 0.5) is 4.39 Å². The molecule has 1 saturated heterocycles. The maximum atomic E-state index is 13.8. The number of likely N-dealkylation sites (tertiary alicyclic amines) is 1. The predicted molar refractivity (Wildman–Crippen MR) is 68.7 cm³/mol. The molecule has 5 heteroatoms. The highest BCUT2D eigenvalue weighted by Crippen LogP contribution is 2.23. The number of amides is 1. The first-order valence-electron chi connectivity index (χ1n) is 6.34. The minimum atomic E-state index is -0.670. The van der Waals surface area contributed by atoms with Crippen LogP contribution in [0.2, 0.25) is 0 Å². The van der Waals surface area contributed by atoms with Gasteiger partial charge in [0.25, 0.3) is 5.91 Å². The third kappa shape index (κ3) is 2.87. The average Bonchev–Trinajstić information content (AvgIpc) is 2.37. The van der Waals surface area contributed by atoms with E-state index in [1.807, 2.05) is 0 Å². The summed E-state index contributed by atoms with van der Waals surface area (Å²) in [5.41, 5.74) is 0.505. The van der Waals surface area contributed by atoms with Gasteiger partial charge in [-0.2, -0.15) is 0 Å². The molecular weight excluding hydrogens is 249 g/mol. The molecule has 0 saturated carbocycles. The van der Waals surface area contributed by atoms with Gasteiger partial charge in [-0.05, 0) is 31.4 Å². The lowest BCUT2D eigenvalue weighted by Crippen LogP contribution is -2.41. The van der Waals surface area contributed by atoms with Crippen molar-refractivity contribution in [2.24, 2.45) is 0 Å². The molecular formula is C14H18FNO3. The first-order valence-corrected chi connectivity index (χ1v) is 6.34. The molecule has 2 rings (SSSR count). The summed E-state index contributed by atoms with van der Waals surface area (Å²) in [6, 6.07) is 2.38. The van der Waals surface area contributed by atoms with E-state index in [1.54, 1.807) is 18.9 Å². The Hall–Kier alpha value is -1.62. The highest BCUT2D eigenvalue weighted by atomic mass is 19.1. The van der Waals surface area contributed by atoms with Crippen molar-refractivity contribution in [1.82, 2.24) is 4.90 Å². The van der Waals surface area contributed by atoms with E-state index in [1.165, 1.54) is 6.07 Å². The number of benzene rings is 1. The number of ether oxygens (including phenoxy) is 1. The number of hydrogen-bond acceptors (Lipinski definition) is 3. The third-order valence-corrected chi connectivity index (χ3v) is 3.55. The van der Waals surface area contributed by atoms with Crippen molar-refractivity contribution in [3.63, 3.8) is 0 Å². The Morgan fingerprint density at radius 1 is 1.42 bits per heavy atom. The number of phenolic OH excluding ortho intramolecular Hbond substituents is 1. The third-order valence-electron chi connectivity index (χ3n) is 3.55. The van der Waals surface area contributed by atoms with Crippen LogP contribution in [0.15, 0.2) is 12.1 Å². The number of aromatic hydroxyl groups is 1. The molecule has 1 amide bonds. The summed E-state index contributed by atoms with van der Waals surface area (Å²) in [7, 11) is 1.66. The van der Waals surface area contributed by atoms with Crippen molar-refractivity contribution in [3.8, 4) is 5.75 Å². The summed E-state index contributed by atoms with van der Waals surface area (Å²) in [6.07, 6.45) is 1.71. The molecule has 1 heterocycles. The van der Waals surface area contributed by atoms with Crippen molar-refractivity contribution in [2.75, 3.05) is 20.2 Å². The van der Waals surface area contributed by atoms with Gasteiger partial charge in [-0.1, -0.05) is 0 Å². The van der Waals surface area contributed by atoms with Gasteiger partial charge in [0.15, 0.2) is 0 Å². The number of carbonyl (C=O) groups excluding carboxylic acids is 1. The Kier molecular flexibility index (Phi) is 4.04. The van der Waals surface area contributed by atoms with Crippen molar-refractivity contribution in [3.05, 3.63) is 29.1 Å². The smallest absolute Gasteiger partial charge is 0.257 e. The lowest BCUT2D eigenvalue weighted by atomic mass is 10.0. The van der Waals surface area contributed by atoms with E-state index in [9.17, 15) is 14.3 Å². The molecule has 4 nitrogen and oxygen atoms in total. The van der Waals surface area contributed by atoms with Gasteiger partial charge in [0.1, 0.15) is 11.6 Å². The number of methoxy groups -OCH3 is 1. The number of aryl methyl sites for hydroxylation is 1. The van der Waals surface area contributed by atoms with Crippen LogP contribution < -0.4 is 0 Å². The van der Waals surface area contributed by atoms with Crippen LogP contribution in [-0.4, -0.2) is 42.2 Å². The maximum absolute atomic E-state index is 13.8. The Bertz CT molecular complexity index is 459. The largest absolute Gasteiger partial charge is 0.508 e. The van der Waals surface area contributed by atoms with Crippen LogP contribution in [0.5, 0.6) is 5.75 Å². The summed E-state index contributed by atoms with van der Waals surface area (Å²) in [4.78, 5) is 13.9. The Morgan fingerprint density at radius 3 is 2.58 bits per heavy atom. The van der Waals surface area contributed by atoms with Gasteiger partial charge in [-0.25, -0.2) is 4.39 Å². The van der Waals surface area contributed by atoms with E-state index in [-0.39, 0.29) is 23.3 Å². The van der Waals surface area contributed by atoms with Crippen LogP contribution in [0.3, 0.4) is 0 Å². The van der Waals surface area contributed by atoms with Gasteiger partial charge in [0, 0.05) is 26.3 Å². The minimum absolute atomic E-state index is 0.0497. The van der Waals surface area contributed by atoms with E-state index in [4.69, 9.17) is 4.74 Å². The summed E-state index contributed by atoms with van der Waals surface area (Å²) in [6.45, 7) is 2.76. The normalized spacial score (nSPS) is 16.7. The van der Waals surface area contributed by atoms with Crippen molar-refractivity contribution >= 4 is 5.91 Å². The lowest BCUT2D eigenvalue weighted by molar-refractivity contribution is 0.0348. The lowest BCUT2D eigenvalue weighted by Gasteiger charge is -2.31. The second-order valence-corrected chi connectivity index (χ2v) is 4.85. The number of piperidine rings is 1. The first-order chi connectivity index (χ1) is 9.02. The molecule has 1 fully saturated rings. The molecule has 1 aromatic carbocycles. The van der Waals surface area contributed by atoms with Crippen LogP contribution in [-0.2, 0) is 4.74 Å². The highest BCUT2D eigenvalue weighted by molar-refractivity contribution is 5.96. The van der Waals surface area contributed by atoms with Crippen LogP contribution in [0.25, 0.3) is 0 Å². The fraction of sp³-hybridized carbons (Fsp3) is 0.500. The van der Waals surface area contributed by atoms with Crippen molar-refractivity contribution in [2.45, 2.75) is 25.9 Å². The molecule has 0 spiro atoms. The second-order valence-electron chi connectivity index (χ2n) is 4.85. The molecule has 1 N–H and O–H groups in total. The summed E-state index contributed by atoms with van der Waals surface area (Å²) < 4.78 is 19.1. The minimum Gasteiger partial charge on any atom is -0.508 e. The first kappa shape index (κ1) is 13.8. The van der Waals surface area contributed by atoms with E-state index >= 15 is 0 Å². The molecule has 104 valence electrons. The number of nitrogens with zero attached hydrogens (tertiary/aromatic N) is 1. The zero-order valence-corrected chi connectivity index (χ0v) is 11.1. The molecule has 0 aromatic heterocycles. The summed E-state index contributed by atoms with van der Waals surface area (Å²) in [5.74, 6) is -1.15.